The van der Waals surface area contributed by atoms with Crippen LogP contribution in [0.25, 0.3) is 0 Å². The molecule has 5 nitrogen and oxygen atoms in total. The minimum atomic E-state index is -4.47. The first-order valence-corrected chi connectivity index (χ1v) is 8.98. The van der Waals surface area contributed by atoms with E-state index >= 15 is 0 Å². The first kappa shape index (κ1) is 20.6. The van der Waals surface area contributed by atoms with Crippen LogP contribution < -0.4 is 10.2 Å². The average molecular weight is 409 g/mol. The standard InChI is InChI=1S/C20H19F4N3O2/c21-16-5-7-17(8-6-16)26-9-11-27(12-10-26)18(28)13-25-19(29)14-1-3-15(4-2-14)20(22,23)24/h1-8H,9-13H2,(H,25,29). The van der Waals surface area contributed by atoms with E-state index in [1.165, 1.54) is 12.1 Å². The molecule has 2 aromatic rings. The lowest BCUT2D eigenvalue weighted by molar-refractivity contribution is -0.137. The number of benzene rings is 2. The van der Waals surface area contributed by atoms with Crippen LogP contribution >= 0.6 is 0 Å². The van der Waals surface area contributed by atoms with Crippen molar-refractivity contribution in [3.8, 4) is 0 Å². The normalized spacial score (nSPS) is 14.6. The van der Waals surface area contributed by atoms with Gasteiger partial charge in [0.05, 0.1) is 12.1 Å². The summed E-state index contributed by atoms with van der Waals surface area (Å²) >= 11 is 0. The number of alkyl halides is 3. The van der Waals surface area contributed by atoms with Gasteiger partial charge in [0.1, 0.15) is 5.82 Å². The van der Waals surface area contributed by atoms with Gasteiger partial charge in [0, 0.05) is 37.4 Å². The molecule has 0 aliphatic carbocycles. The maximum atomic E-state index is 13.0. The van der Waals surface area contributed by atoms with Crippen LogP contribution in [0, 0.1) is 5.82 Å². The van der Waals surface area contributed by atoms with Gasteiger partial charge in [0.25, 0.3) is 5.91 Å². The SMILES string of the molecule is O=C(NCC(=O)N1CCN(c2ccc(F)cc2)CC1)c1ccc(C(F)(F)F)cc1. The molecule has 0 saturated carbocycles. The number of nitrogens with one attached hydrogen (secondary N) is 1. The van der Waals surface area contributed by atoms with Gasteiger partial charge < -0.3 is 15.1 Å². The zero-order chi connectivity index (χ0) is 21.0. The van der Waals surface area contributed by atoms with E-state index in [9.17, 15) is 27.2 Å². The summed E-state index contributed by atoms with van der Waals surface area (Å²) in [6.45, 7) is 1.81. The van der Waals surface area contributed by atoms with E-state index in [4.69, 9.17) is 0 Å². The Labute approximate surface area is 164 Å². The molecule has 154 valence electrons. The summed E-state index contributed by atoms with van der Waals surface area (Å²) in [5.74, 6) is -1.20. The predicted molar refractivity (Wildman–Crippen MR) is 99.0 cm³/mol. The first-order chi connectivity index (χ1) is 13.7. The quantitative estimate of drug-likeness (QED) is 0.791. The van der Waals surface area contributed by atoms with Gasteiger partial charge in [0.15, 0.2) is 0 Å². The molecule has 1 fully saturated rings. The third kappa shape index (κ3) is 5.24. The van der Waals surface area contributed by atoms with Gasteiger partial charge in [-0.1, -0.05) is 0 Å². The molecule has 1 saturated heterocycles. The summed E-state index contributed by atoms with van der Waals surface area (Å²) in [6, 6.07) is 9.91. The molecule has 1 aliphatic heterocycles. The van der Waals surface area contributed by atoms with E-state index in [1.807, 2.05) is 4.90 Å². The molecule has 0 unspecified atom stereocenters. The second kappa shape index (κ2) is 8.50. The van der Waals surface area contributed by atoms with E-state index in [2.05, 4.69) is 5.32 Å². The van der Waals surface area contributed by atoms with Gasteiger partial charge >= 0.3 is 6.18 Å². The summed E-state index contributed by atoms with van der Waals surface area (Å²) in [5.41, 5.74) is 0.0742. The number of amides is 2. The van der Waals surface area contributed by atoms with Gasteiger partial charge in [-0.2, -0.15) is 13.2 Å². The highest BCUT2D eigenvalue weighted by molar-refractivity contribution is 5.96. The molecule has 2 aromatic carbocycles. The molecular formula is C20H19F4N3O2. The zero-order valence-corrected chi connectivity index (χ0v) is 15.4. The van der Waals surface area contributed by atoms with E-state index in [0.717, 1.165) is 30.0 Å². The van der Waals surface area contributed by atoms with Crippen molar-refractivity contribution in [3.05, 3.63) is 65.5 Å². The van der Waals surface area contributed by atoms with Crippen LogP contribution in [0.15, 0.2) is 48.5 Å². The number of nitrogens with zero attached hydrogens (tertiary/aromatic N) is 2. The molecule has 29 heavy (non-hydrogen) atoms. The van der Waals surface area contributed by atoms with E-state index in [1.54, 1.807) is 17.0 Å². The molecule has 3 rings (SSSR count). The van der Waals surface area contributed by atoms with E-state index in [0.29, 0.717) is 26.2 Å². The average Bonchev–Trinajstić information content (AvgIpc) is 2.72. The lowest BCUT2D eigenvalue weighted by Gasteiger charge is -2.36. The predicted octanol–water partition coefficient (Wildman–Crippen LogP) is 2.92. The number of anilines is 1. The third-order valence-corrected chi connectivity index (χ3v) is 4.70. The molecular weight excluding hydrogens is 390 g/mol. The van der Waals surface area contributed by atoms with Crippen LogP contribution in [-0.2, 0) is 11.0 Å². The second-order valence-electron chi connectivity index (χ2n) is 6.60. The van der Waals surface area contributed by atoms with Crippen LogP contribution in [0.5, 0.6) is 0 Å². The lowest BCUT2D eigenvalue weighted by Crippen LogP contribution is -2.51. The Balaban J connectivity index is 1.47. The van der Waals surface area contributed by atoms with Crippen molar-refractivity contribution in [2.45, 2.75) is 6.18 Å². The Morgan fingerprint density at radius 3 is 2.03 bits per heavy atom. The summed E-state index contributed by atoms with van der Waals surface area (Å²) in [7, 11) is 0. The van der Waals surface area contributed by atoms with Crippen molar-refractivity contribution < 1.29 is 27.2 Å². The Morgan fingerprint density at radius 1 is 0.897 bits per heavy atom. The van der Waals surface area contributed by atoms with Gasteiger partial charge in [-0.05, 0) is 48.5 Å². The fraction of sp³-hybridized carbons (Fsp3) is 0.300. The topological polar surface area (TPSA) is 52.7 Å². The highest BCUT2D eigenvalue weighted by atomic mass is 19.4. The van der Waals surface area contributed by atoms with Gasteiger partial charge in [0.2, 0.25) is 5.91 Å². The maximum Gasteiger partial charge on any atom is 0.416 e. The Kier molecular flexibility index (Phi) is 6.05. The number of piperazine rings is 1. The summed E-state index contributed by atoms with van der Waals surface area (Å²) < 4.78 is 50.7. The van der Waals surface area contributed by atoms with Crippen molar-refractivity contribution in [1.82, 2.24) is 10.2 Å². The maximum absolute atomic E-state index is 13.0. The number of hydrogen-bond acceptors (Lipinski definition) is 3. The van der Waals surface area contributed by atoms with Crippen molar-refractivity contribution in [2.24, 2.45) is 0 Å². The molecule has 1 N–H and O–H groups in total. The fourth-order valence-corrected chi connectivity index (χ4v) is 3.05. The Hall–Kier alpha value is -3.10. The van der Waals surface area contributed by atoms with Gasteiger partial charge in [-0.3, -0.25) is 9.59 Å². The molecule has 1 aliphatic rings. The van der Waals surface area contributed by atoms with Crippen molar-refractivity contribution >= 4 is 17.5 Å². The summed E-state index contributed by atoms with van der Waals surface area (Å²) in [6.07, 6.45) is -4.47. The molecule has 0 aromatic heterocycles. The smallest absolute Gasteiger partial charge is 0.368 e. The minimum absolute atomic E-state index is 0.0481. The minimum Gasteiger partial charge on any atom is -0.368 e. The van der Waals surface area contributed by atoms with Gasteiger partial charge in [-0.15, -0.1) is 0 Å². The first-order valence-electron chi connectivity index (χ1n) is 8.98. The third-order valence-electron chi connectivity index (χ3n) is 4.70. The van der Waals surface area contributed by atoms with Crippen LogP contribution in [0.4, 0.5) is 23.2 Å². The number of halogens is 4. The van der Waals surface area contributed by atoms with E-state index < -0.39 is 17.6 Å². The van der Waals surface area contributed by atoms with Crippen LogP contribution in [0.1, 0.15) is 15.9 Å². The Morgan fingerprint density at radius 2 is 1.48 bits per heavy atom. The molecule has 0 spiro atoms. The number of carbonyl (C=O) groups excluding carboxylic acids is 2. The van der Waals surface area contributed by atoms with Crippen LogP contribution in [0.3, 0.4) is 0 Å². The van der Waals surface area contributed by atoms with Crippen molar-refractivity contribution in [3.63, 3.8) is 0 Å². The number of carbonyl (C=O) groups is 2. The summed E-state index contributed by atoms with van der Waals surface area (Å²) in [4.78, 5) is 28.0. The zero-order valence-electron chi connectivity index (χ0n) is 15.4. The molecule has 9 heteroatoms. The Bertz CT molecular complexity index is 859. The van der Waals surface area contributed by atoms with E-state index in [-0.39, 0.29) is 23.8 Å². The largest absolute Gasteiger partial charge is 0.416 e. The molecule has 2 amide bonds. The monoisotopic (exact) mass is 409 g/mol. The second-order valence-corrected chi connectivity index (χ2v) is 6.60. The molecule has 1 heterocycles. The number of rotatable bonds is 4. The van der Waals surface area contributed by atoms with Crippen LogP contribution in [0.2, 0.25) is 0 Å². The number of hydrogen-bond donors (Lipinski definition) is 1. The molecule has 0 atom stereocenters. The van der Waals surface area contributed by atoms with Gasteiger partial charge in [-0.25, -0.2) is 4.39 Å². The summed E-state index contributed by atoms with van der Waals surface area (Å²) in [5, 5.41) is 2.44. The fourth-order valence-electron chi connectivity index (χ4n) is 3.05. The van der Waals surface area contributed by atoms with Crippen molar-refractivity contribution in [2.75, 3.05) is 37.6 Å². The molecule has 0 radical (unpaired) electrons. The highest BCUT2D eigenvalue weighted by Crippen LogP contribution is 2.29. The lowest BCUT2D eigenvalue weighted by atomic mass is 10.1. The highest BCUT2D eigenvalue weighted by Gasteiger charge is 2.30. The molecule has 0 bridgehead atoms. The van der Waals surface area contributed by atoms with Crippen LogP contribution in [-0.4, -0.2) is 49.4 Å². The van der Waals surface area contributed by atoms with Crippen molar-refractivity contribution in [1.29, 1.82) is 0 Å².